The van der Waals surface area contributed by atoms with Crippen LogP contribution in [0.1, 0.15) is 18.2 Å². The molecule has 3 rings (SSSR count). The van der Waals surface area contributed by atoms with E-state index < -0.39 is 11.9 Å². The molecule has 0 radical (unpaired) electrons. The maximum Gasteiger partial charge on any atom is 0.433 e. The Labute approximate surface area is 154 Å². The van der Waals surface area contributed by atoms with Gasteiger partial charge in [0.2, 0.25) is 0 Å². The van der Waals surface area contributed by atoms with Crippen molar-refractivity contribution in [3.63, 3.8) is 0 Å². The molecule has 2 N–H and O–H groups in total. The van der Waals surface area contributed by atoms with Crippen molar-refractivity contribution in [2.24, 2.45) is 5.73 Å². The van der Waals surface area contributed by atoms with E-state index in [4.69, 9.17) is 17.3 Å². The van der Waals surface area contributed by atoms with Gasteiger partial charge in [-0.05, 0) is 25.1 Å². The number of rotatable bonds is 3. The fraction of sp³-hybridized carbons (Fsp3) is 0.412. The third-order valence-corrected chi connectivity index (χ3v) is 4.70. The fourth-order valence-corrected chi connectivity index (χ4v) is 3.36. The van der Waals surface area contributed by atoms with Crippen molar-refractivity contribution in [2.45, 2.75) is 25.7 Å². The number of alkyl halides is 3. The smallest absolute Gasteiger partial charge is 0.352 e. The van der Waals surface area contributed by atoms with Crippen LogP contribution in [0.25, 0.3) is 0 Å². The zero-order valence-electron chi connectivity index (χ0n) is 14.2. The molecule has 1 aliphatic rings. The van der Waals surface area contributed by atoms with E-state index in [1.54, 1.807) is 18.3 Å². The molecule has 0 bridgehead atoms. The molecule has 2 aromatic rings. The number of halogens is 4. The number of nitrogens with zero attached hydrogens (tertiary/aromatic N) is 4. The molecule has 1 saturated heterocycles. The van der Waals surface area contributed by atoms with Crippen molar-refractivity contribution in [1.82, 2.24) is 9.97 Å². The van der Waals surface area contributed by atoms with Crippen molar-refractivity contribution >= 4 is 23.2 Å². The third-order valence-electron chi connectivity index (χ3n) is 4.40. The Balaban J connectivity index is 1.87. The Morgan fingerprint density at radius 2 is 2.00 bits per heavy atom. The molecule has 3 heterocycles. The zero-order chi connectivity index (χ0) is 18.9. The molecule has 2 aromatic heterocycles. The van der Waals surface area contributed by atoms with Crippen LogP contribution in [0.5, 0.6) is 0 Å². The first-order chi connectivity index (χ1) is 12.3. The molecule has 1 atom stereocenters. The summed E-state index contributed by atoms with van der Waals surface area (Å²) in [6.07, 6.45) is -2.83. The second-order valence-electron chi connectivity index (χ2n) is 6.18. The molecule has 9 heteroatoms. The van der Waals surface area contributed by atoms with Crippen LogP contribution in [-0.2, 0) is 12.7 Å². The quantitative estimate of drug-likeness (QED) is 0.878. The van der Waals surface area contributed by atoms with Crippen LogP contribution in [0.4, 0.5) is 24.8 Å². The van der Waals surface area contributed by atoms with Crippen LogP contribution in [0, 0.1) is 0 Å². The van der Waals surface area contributed by atoms with Crippen LogP contribution < -0.4 is 15.5 Å². The summed E-state index contributed by atoms with van der Waals surface area (Å²) in [7, 11) is 0. The molecule has 0 saturated carbocycles. The van der Waals surface area contributed by atoms with Crippen LogP contribution in [0.2, 0.25) is 5.02 Å². The highest BCUT2D eigenvalue weighted by molar-refractivity contribution is 6.32. The monoisotopic (exact) mass is 385 g/mol. The normalized spacial score (nSPS) is 18.3. The summed E-state index contributed by atoms with van der Waals surface area (Å²) in [6.45, 7) is 3.70. The summed E-state index contributed by atoms with van der Waals surface area (Å²) >= 11 is 6.21. The van der Waals surface area contributed by atoms with E-state index in [1.807, 2.05) is 16.7 Å². The van der Waals surface area contributed by atoms with Gasteiger partial charge in [-0.15, -0.1) is 0 Å². The van der Waals surface area contributed by atoms with Gasteiger partial charge in [0.05, 0.1) is 5.02 Å². The number of aromatic nitrogens is 2. The first-order valence-corrected chi connectivity index (χ1v) is 8.58. The van der Waals surface area contributed by atoms with Crippen molar-refractivity contribution in [3.8, 4) is 0 Å². The Morgan fingerprint density at radius 1 is 1.23 bits per heavy atom. The Hall–Kier alpha value is -2.06. The molecule has 26 heavy (non-hydrogen) atoms. The van der Waals surface area contributed by atoms with E-state index >= 15 is 0 Å². The average molecular weight is 386 g/mol. The van der Waals surface area contributed by atoms with E-state index in [0.717, 1.165) is 6.07 Å². The number of anilines is 2. The number of hydrogen-bond acceptors (Lipinski definition) is 5. The van der Waals surface area contributed by atoms with E-state index in [1.165, 1.54) is 6.07 Å². The van der Waals surface area contributed by atoms with Gasteiger partial charge < -0.3 is 15.5 Å². The highest BCUT2D eigenvalue weighted by Gasteiger charge is 2.35. The summed E-state index contributed by atoms with van der Waals surface area (Å²) in [6, 6.07) is 5.82. The number of nitrogens with two attached hydrogens (primary N) is 1. The minimum Gasteiger partial charge on any atom is -0.352 e. The lowest BCUT2D eigenvalue weighted by Gasteiger charge is -2.42. The SMILES string of the molecule is CC1CN(c2ncccc2Cl)CCN1c1nc(C(F)(F)F)ccc1CN. The minimum absolute atomic E-state index is 0.0805. The number of piperazine rings is 1. The number of pyridine rings is 2. The van der Waals surface area contributed by atoms with Crippen molar-refractivity contribution < 1.29 is 13.2 Å². The summed E-state index contributed by atoms with van der Waals surface area (Å²) in [5.41, 5.74) is 5.40. The Kier molecular flexibility index (Phi) is 5.24. The second kappa shape index (κ2) is 7.28. The second-order valence-corrected chi connectivity index (χ2v) is 6.59. The first kappa shape index (κ1) is 18.7. The van der Waals surface area contributed by atoms with Crippen LogP contribution in [-0.4, -0.2) is 35.6 Å². The van der Waals surface area contributed by atoms with E-state index in [9.17, 15) is 13.2 Å². The Bertz CT molecular complexity index is 783. The largest absolute Gasteiger partial charge is 0.433 e. The Morgan fingerprint density at radius 3 is 2.62 bits per heavy atom. The topological polar surface area (TPSA) is 58.3 Å². The standard InChI is InChI=1S/C17H19ClF3N5/c1-11-10-25(16-13(18)3-2-6-23-16)7-8-26(11)15-12(9-22)4-5-14(24-15)17(19,20)21/h2-6,11H,7-10,22H2,1H3. The fourth-order valence-electron chi connectivity index (χ4n) is 3.12. The maximum atomic E-state index is 13.1. The van der Waals surface area contributed by atoms with Crippen molar-refractivity contribution in [2.75, 3.05) is 29.4 Å². The van der Waals surface area contributed by atoms with E-state index in [-0.39, 0.29) is 12.6 Å². The predicted octanol–water partition coefficient (Wildman–Crippen LogP) is 3.32. The lowest BCUT2D eigenvalue weighted by atomic mass is 10.1. The van der Waals surface area contributed by atoms with Crippen LogP contribution in [0.15, 0.2) is 30.5 Å². The van der Waals surface area contributed by atoms with Gasteiger partial charge >= 0.3 is 6.18 Å². The highest BCUT2D eigenvalue weighted by atomic mass is 35.5. The lowest BCUT2D eigenvalue weighted by molar-refractivity contribution is -0.141. The third kappa shape index (κ3) is 3.71. The lowest BCUT2D eigenvalue weighted by Crippen LogP contribution is -2.53. The van der Waals surface area contributed by atoms with Gasteiger partial charge in [0.25, 0.3) is 0 Å². The van der Waals surface area contributed by atoms with E-state index in [2.05, 4.69) is 9.97 Å². The van der Waals surface area contributed by atoms with Gasteiger partial charge in [-0.1, -0.05) is 17.7 Å². The molecule has 1 fully saturated rings. The molecular formula is C17H19ClF3N5. The molecule has 1 aliphatic heterocycles. The first-order valence-electron chi connectivity index (χ1n) is 8.20. The summed E-state index contributed by atoms with van der Waals surface area (Å²) in [5, 5.41) is 0.549. The van der Waals surface area contributed by atoms with Crippen LogP contribution >= 0.6 is 11.6 Å². The predicted molar refractivity (Wildman–Crippen MR) is 95.4 cm³/mol. The van der Waals surface area contributed by atoms with Crippen molar-refractivity contribution in [3.05, 3.63) is 46.7 Å². The maximum absolute atomic E-state index is 13.1. The molecule has 140 valence electrons. The molecule has 1 unspecified atom stereocenters. The zero-order valence-corrected chi connectivity index (χ0v) is 14.9. The van der Waals surface area contributed by atoms with Crippen molar-refractivity contribution in [1.29, 1.82) is 0 Å². The van der Waals surface area contributed by atoms with E-state index in [0.29, 0.717) is 41.9 Å². The average Bonchev–Trinajstić information content (AvgIpc) is 2.61. The minimum atomic E-state index is -4.49. The summed E-state index contributed by atoms with van der Waals surface area (Å²) < 4.78 is 39.2. The molecule has 5 nitrogen and oxygen atoms in total. The summed E-state index contributed by atoms with van der Waals surface area (Å²) in [5.74, 6) is 0.971. The van der Waals surface area contributed by atoms with Gasteiger partial charge in [0, 0.05) is 44.0 Å². The number of hydrogen-bond donors (Lipinski definition) is 1. The van der Waals surface area contributed by atoms with Gasteiger partial charge in [0.15, 0.2) is 0 Å². The van der Waals surface area contributed by atoms with Gasteiger partial charge in [0.1, 0.15) is 17.3 Å². The highest BCUT2D eigenvalue weighted by Crippen LogP contribution is 2.32. The van der Waals surface area contributed by atoms with Gasteiger partial charge in [-0.3, -0.25) is 0 Å². The molecule has 0 amide bonds. The summed E-state index contributed by atoms with van der Waals surface area (Å²) in [4.78, 5) is 12.1. The molecule has 0 aromatic carbocycles. The van der Waals surface area contributed by atoms with Gasteiger partial charge in [-0.2, -0.15) is 13.2 Å². The molecule has 0 aliphatic carbocycles. The molecular weight excluding hydrogens is 367 g/mol. The molecule has 0 spiro atoms. The van der Waals surface area contributed by atoms with Gasteiger partial charge in [-0.25, -0.2) is 9.97 Å². The van der Waals surface area contributed by atoms with Crippen LogP contribution in [0.3, 0.4) is 0 Å².